The Hall–Kier alpha value is -0.0800. The van der Waals surface area contributed by atoms with Gasteiger partial charge >= 0.3 is 6.08 Å². The van der Waals surface area contributed by atoms with Gasteiger partial charge in [-0.3, -0.25) is 0 Å². The molecule has 0 unspecified atom stereocenters. The van der Waals surface area contributed by atoms with E-state index in [4.69, 9.17) is 0 Å². The first-order valence-corrected chi connectivity index (χ1v) is 5.96. The number of rotatable bonds is 4. The van der Waals surface area contributed by atoms with Gasteiger partial charge in [0.2, 0.25) is 4.73 Å². The molecular weight excluding hydrogens is 301 g/mol. The molecule has 0 bridgehead atoms. The van der Waals surface area contributed by atoms with Crippen molar-refractivity contribution in [2.45, 2.75) is 10.8 Å². The quantitative estimate of drug-likeness (QED) is 0.790. The van der Waals surface area contributed by atoms with E-state index in [2.05, 4.69) is 25.3 Å². The van der Waals surface area contributed by atoms with E-state index in [0.717, 1.165) is 11.5 Å². The molecule has 1 aromatic heterocycles. The van der Waals surface area contributed by atoms with Crippen molar-refractivity contribution in [3.8, 4) is 0 Å². The molecule has 0 fully saturated rings. The molecule has 1 heterocycles. The number of allylic oxidation sites excluding steroid dienone is 1. The van der Waals surface area contributed by atoms with Gasteiger partial charge in [0.1, 0.15) is 0 Å². The van der Waals surface area contributed by atoms with E-state index in [1.807, 2.05) is 0 Å². The largest absolute Gasteiger partial charge is 0.301 e. The van der Waals surface area contributed by atoms with E-state index in [0.29, 0.717) is 9.07 Å². The van der Waals surface area contributed by atoms with Gasteiger partial charge < -0.3 is 0 Å². The standard InChI is InChI=1S/C6H4BrF3N2S2/c7-5-11-6(14-12-5)13-2-1-3(8)4(9)10/h1-2H2. The number of halogens is 4. The van der Waals surface area contributed by atoms with E-state index < -0.39 is 11.9 Å². The smallest absolute Gasteiger partial charge is 0.206 e. The molecular formula is C6H4BrF3N2S2. The Bertz CT molecular complexity index is 338. The Kier molecular flexibility index (Phi) is 4.90. The molecule has 0 aliphatic rings. The highest BCUT2D eigenvalue weighted by Crippen LogP contribution is 2.25. The summed E-state index contributed by atoms with van der Waals surface area (Å²) < 4.78 is 40.5. The molecule has 8 heteroatoms. The normalized spacial score (nSPS) is 10.3. The first-order valence-electron chi connectivity index (χ1n) is 3.41. The van der Waals surface area contributed by atoms with Crippen LogP contribution in [0.1, 0.15) is 6.42 Å². The van der Waals surface area contributed by atoms with Crippen molar-refractivity contribution in [2.24, 2.45) is 0 Å². The number of hydrogen-bond donors (Lipinski definition) is 0. The molecule has 0 aliphatic carbocycles. The Labute approximate surface area is 94.9 Å². The van der Waals surface area contributed by atoms with Gasteiger partial charge in [0.15, 0.2) is 10.2 Å². The van der Waals surface area contributed by atoms with Gasteiger partial charge in [-0.25, -0.2) is 9.37 Å². The Morgan fingerprint density at radius 1 is 1.43 bits per heavy atom. The van der Waals surface area contributed by atoms with Gasteiger partial charge in [-0.1, -0.05) is 11.8 Å². The molecule has 2 nitrogen and oxygen atoms in total. The van der Waals surface area contributed by atoms with Gasteiger partial charge in [-0.15, -0.1) is 0 Å². The van der Waals surface area contributed by atoms with E-state index in [1.165, 1.54) is 11.8 Å². The predicted octanol–water partition coefficient (Wildman–Crippen LogP) is 3.86. The van der Waals surface area contributed by atoms with Crippen LogP contribution < -0.4 is 0 Å². The van der Waals surface area contributed by atoms with Crippen LogP contribution in [0, 0.1) is 0 Å². The third-order valence-corrected chi connectivity index (χ3v) is 3.56. The van der Waals surface area contributed by atoms with Crippen LogP contribution in [0.3, 0.4) is 0 Å². The third-order valence-electron chi connectivity index (χ3n) is 1.13. The molecule has 78 valence electrons. The molecule has 0 aliphatic heterocycles. The molecule has 0 N–H and O–H groups in total. The Morgan fingerprint density at radius 3 is 2.64 bits per heavy atom. The minimum absolute atomic E-state index is 0.227. The van der Waals surface area contributed by atoms with E-state index in [9.17, 15) is 13.2 Å². The zero-order valence-electron chi connectivity index (χ0n) is 6.64. The van der Waals surface area contributed by atoms with E-state index in [-0.39, 0.29) is 12.2 Å². The van der Waals surface area contributed by atoms with Crippen molar-refractivity contribution in [1.82, 2.24) is 9.36 Å². The Balaban J connectivity index is 2.32. The molecule has 1 rings (SSSR count). The van der Waals surface area contributed by atoms with E-state index in [1.54, 1.807) is 0 Å². The van der Waals surface area contributed by atoms with Crippen molar-refractivity contribution in [3.63, 3.8) is 0 Å². The van der Waals surface area contributed by atoms with Gasteiger partial charge in [-0.05, 0) is 27.5 Å². The average Bonchev–Trinajstić information content (AvgIpc) is 2.51. The molecule has 0 saturated heterocycles. The van der Waals surface area contributed by atoms with Crippen LogP contribution in [0.5, 0.6) is 0 Å². The summed E-state index contributed by atoms with van der Waals surface area (Å²) in [6.07, 6.45) is -2.53. The zero-order valence-corrected chi connectivity index (χ0v) is 9.86. The second-order valence-corrected chi connectivity index (χ2v) is 4.90. The molecule has 0 aromatic carbocycles. The van der Waals surface area contributed by atoms with Crippen LogP contribution in [0.15, 0.2) is 21.0 Å². The van der Waals surface area contributed by atoms with Gasteiger partial charge in [0, 0.05) is 12.2 Å². The Morgan fingerprint density at radius 2 is 2.14 bits per heavy atom. The van der Waals surface area contributed by atoms with Crippen LogP contribution >= 0.6 is 39.2 Å². The molecule has 0 radical (unpaired) electrons. The number of nitrogens with zero attached hydrogens (tertiary/aromatic N) is 2. The maximum absolute atomic E-state index is 12.3. The van der Waals surface area contributed by atoms with Crippen LogP contribution in [-0.2, 0) is 0 Å². The molecule has 0 amide bonds. The van der Waals surface area contributed by atoms with Crippen LogP contribution in [0.2, 0.25) is 0 Å². The summed E-state index contributed by atoms with van der Waals surface area (Å²) in [7, 11) is 0. The summed E-state index contributed by atoms with van der Waals surface area (Å²) >= 11 is 5.38. The summed E-state index contributed by atoms with van der Waals surface area (Å²) in [5, 5.41) is 0. The van der Waals surface area contributed by atoms with Crippen molar-refractivity contribution >= 4 is 39.2 Å². The molecule has 0 saturated carbocycles. The van der Waals surface area contributed by atoms with Gasteiger partial charge in [0.25, 0.3) is 0 Å². The lowest BCUT2D eigenvalue weighted by atomic mass is 10.4. The van der Waals surface area contributed by atoms with Crippen LogP contribution in [-0.4, -0.2) is 15.1 Å². The van der Waals surface area contributed by atoms with Crippen molar-refractivity contribution in [2.75, 3.05) is 5.75 Å². The highest BCUT2D eigenvalue weighted by molar-refractivity contribution is 9.10. The third kappa shape index (κ3) is 3.97. The lowest BCUT2D eigenvalue weighted by Crippen LogP contribution is -1.82. The minimum Gasteiger partial charge on any atom is -0.206 e. The summed E-state index contributed by atoms with van der Waals surface area (Å²) in [5.41, 5.74) is 0. The number of hydrogen-bond acceptors (Lipinski definition) is 4. The fourth-order valence-corrected chi connectivity index (χ4v) is 2.70. The SMILES string of the molecule is FC(F)=C(F)CCSc1nc(Br)ns1. The van der Waals surface area contributed by atoms with Crippen molar-refractivity contribution < 1.29 is 13.2 Å². The van der Waals surface area contributed by atoms with Crippen LogP contribution in [0.4, 0.5) is 13.2 Å². The van der Waals surface area contributed by atoms with Gasteiger partial charge in [-0.2, -0.15) is 13.2 Å². The topological polar surface area (TPSA) is 25.8 Å². The first kappa shape index (κ1) is 12.0. The van der Waals surface area contributed by atoms with Crippen molar-refractivity contribution in [1.29, 1.82) is 0 Å². The minimum atomic E-state index is -2.25. The maximum Gasteiger partial charge on any atom is 0.301 e. The molecule has 14 heavy (non-hydrogen) atoms. The second-order valence-electron chi connectivity index (χ2n) is 2.09. The summed E-state index contributed by atoms with van der Waals surface area (Å²) in [5.74, 6) is -1.13. The van der Waals surface area contributed by atoms with Crippen LogP contribution in [0.25, 0.3) is 0 Å². The highest BCUT2D eigenvalue weighted by atomic mass is 79.9. The first-order chi connectivity index (χ1) is 6.59. The summed E-state index contributed by atoms with van der Waals surface area (Å²) in [6.45, 7) is 0. The molecule has 0 atom stereocenters. The average molecular weight is 305 g/mol. The van der Waals surface area contributed by atoms with Crippen molar-refractivity contribution in [3.05, 3.63) is 16.6 Å². The summed E-state index contributed by atoms with van der Waals surface area (Å²) in [4.78, 5) is 3.91. The number of aromatic nitrogens is 2. The summed E-state index contributed by atoms with van der Waals surface area (Å²) in [6, 6.07) is 0. The molecule has 0 spiro atoms. The zero-order chi connectivity index (χ0) is 10.6. The fraction of sp³-hybridized carbons (Fsp3) is 0.333. The second kappa shape index (κ2) is 5.72. The number of thioether (sulfide) groups is 1. The highest BCUT2D eigenvalue weighted by Gasteiger charge is 2.06. The van der Waals surface area contributed by atoms with Gasteiger partial charge in [0.05, 0.1) is 0 Å². The lowest BCUT2D eigenvalue weighted by Gasteiger charge is -1.94. The monoisotopic (exact) mass is 304 g/mol. The fourth-order valence-electron chi connectivity index (χ4n) is 0.574. The lowest BCUT2D eigenvalue weighted by molar-refractivity contribution is 0.373. The predicted molar refractivity (Wildman–Crippen MR) is 53.3 cm³/mol. The maximum atomic E-state index is 12.3. The van der Waals surface area contributed by atoms with E-state index >= 15 is 0 Å². The molecule has 1 aromatic rings.